The van der Waals surface area contributed by atoms with E-state index < -0.39 is 36.0 Å². The average molecular weight is 531 g/mol. The van der Waals surface area contributed by atoms with Crippen molar-refractivity contribution in [1.29, 1.82) is 0 Å². The first-order chi connectivity index (χ1) is 17.3. The Balaban J connectivity index is 1.53. The van der Waals surface area contributed by atoms with Crippen molar-refractivity contribution in [3.05, 3.63) is 106 Å². The average Bonchev–Trinajstić information content (AvgIpc) is 3.12. The highest BCUT2D eigenvalue weighted by Gasteiger charge is 2.57. The molecule has 4 rings (SSSR count). The van der Waals surface area contributed by atoms with Crippen LogP contribution in [0.5, 0.6) is 0 Å². The van der Waals surface area contributed by atoms with E-state index in [1.165, 1.54) is 24.3 Å². The number of hydrogen-bond donors (Lipinski definition) is 1. The minimum absolute atomic E-state index is 0.129. The van der Waals surface area contributed by atoms with Gasteiger partial charge in [0.2, 0.25) is 0 Å². The third-order valence-corrected chi connectivity index (χ3v) is 6.37. The van der Waals surface area contributed by atoms with Gasteiger partial charge in [0.15, 0.2) is 18.0 Å². The molecule has 1 N–H and O–H groups in total. The van der Waals surface area contributed by atoms with Crippen LogP contribution < -0.4 is 0 Å². The van der Waals surface area contributed by atoms with E-state index in [9.17, 15) is 14.7 Å². The number of aliphatic hydroxyl groups excluding tert-OH is 1. The molecule has 0 aromatic heterocycles. The zero-order chi connectivity index (χ0) is 25.7. The van der Waals surface area contributed by atoms with Crippen LogP contribution in [0.15, 0.2) is 78.9 Å². The summed E-state index contributed by atoms with van der Waals surface area (Å²) < 4.78 is 22.9. The van der Waals surface area contributed by atoms with Crippen LogP contribution in [0.1, 0.15) is 33.2 Å². The molecule has 3 aromatic rings. The molecule has 0 amide bonds. The molecular weight excluding hydrogens is 507 g/mol. The summed E-state index contributed by atoms with van der Waals surface area (Å²) in [5.41, 5.74) is -0.0555. The summed E-state index contributed by atoms with van der Waals surface area (Å²) >= 11 is 11.8. The summed E-state index contributed by atoms with van der Waals surface area (Å²) in [5.74, 6) is -1.29. The minimum Gasteiger partial charge on any atom is -0.459 e. The predicted octanol–water partition coefficient (Wildman–Crippen LogP) is 5.07. The number of halogens is 2. The monoisotopic (exact) mass is 530 g/mol. The number of rotatable bonds is 8. The molecule has 0 unspecified atom stereocenters. The van der Waals surface area contributed by atoms with Gasteiger partial charge >= 0.3 is 11.9 Å². The maximum atomic E-state index is 12.9. The highest BCUT2D eigenvalue weighted by atomic mass is 35.5. The van der Waals surface area contributed by atoms with E-state index in [1.54, 1.807) is 31.2 Å². The minimum atomic E-state index is -1.46. The van der Waals surface area contributed by atoms with Crippen molar-refractivity contribution < 1.29 is 33.6 Å². The van der Waals surface area contributed by atoms with Crippen LogP contribution in [-0.4, -0.2) is 47.8 Å². The van der Waals surface area contributed by atoms with Crippen LogP contribution in [0, 0.1) is 0 Å². The van der Waals surface area contributed by atoms with Crippen molar-refractivity contribution in [3.8, 4) is 0 Å². The molecule has 1 fully saturated rings. The highest BCUT2D eigenvalue weighted by molar-refractivity contribution is 6.31. The summed E-state index contributed by atoms with van der Waals surface area (Å²) in [6.07, 6.45) is -3.55. The standard InChI is InChI=1S/C27H24Cl2O7/c1-27(34-15-17-5-3-2-4-6-17)23(36-25(31)19-9-13-21(29)14-10-19)22(35-26(27)32)16-33-24(30)18-7-11-20(28)12-8-18/h2-14,22-23,26,32H,15-16H2,1H3/t22-,23-,26+,27-/m1/s1. The molecular formula is C27H24Cl2O7. The molecule has 36 heavy (non-hydrogen) atoms. The van der Waals surface area contributed by atoms with E-state index in [0.29, 0.717) is 10.0 Å². The zero-order valence-corrected chi connectivity index (χ0v) is 20.8. The lowest BCUT2D eigenvalue weighted by atomic mass is 9.96. The second kappa shape index (κ2) is 11.4. The van der Waals surface area contributed by atoms with E-state index in [2.05, 4.69) is 0 Å². The number of aliphatic hydroxyl groups is 1. The molecule has 7 nitrogen and oxygen atoms in total. The van der Waals surface area contributed by atoms with Crippen molar-refractivity contribution in [3.63, 3.8) is 0 Å². The number of esters is 2. The second-order valence-corrected chi connectivity index (χ2v) is 9.30. The number of hydrogen-bond acceptors (Lipinski definition) is 7. The number of benzene rings is 3. The van der Waals surface area contributed by atoms with Gasteiger partial charge in [0, 0.05) is 10.0 Å². The lowest BCUT2D eigenvalue weighted by molar-refractivity contribution is -0.198. The highest BCUT2D eigenvalue weighted by Crippen LogP contribution is 2.37. The summed E-state index contributed by atoms with van der Waals surface area (Å²) in [6, 6.07) is 21.7. The van der Waals surface area contributed by atoms with Gasteiger partial charge in [-0.2, -0.15) is 0 Å². The van der Waals surface area contributed by atoms with E-state index >= 15 is 0 Å². The molecule has 1 aliphatic rings. The van der Waals surface area contributed by atoms with E-state index in [1.807, 2.05) is 30.3 Å². The Kier molecular flexibility index (Phi) is 8.28. The molecule has 3 aromatic carbocycles. The third kappa shape index (κ3) is 6.06. The van der Waals surface area contributed by atoms with E-state index in [4.69, 9.17) is 42.1 Å². The molecule has 1 heterocycles. The van der Waals surface area contributed by atoms with E-state index in [0.717, 1.165) is 5.56 Å². The maximum Gasteiger partial charge on any atom is 0.338 e. The quantitative estimate of drug-likeness (QED) is 0.406. The largest absolute Gasteiger partial charge is 0.459 e. The normalized spacial score (nSPS) is 23.3. The van der Waals surface area contributed by atoms with Gasteiger partial charge in [0.05, 0.1) is 17.7 Å². The maximum absolute atomic E-state index is 12.9. The van der Waals surface area contributed by atoms with Crippen LogP contribution >= 0.6 is 23.2 Å². The van der Waals surface area contributed by atoms with Crippen molar-refractivity contribution in [2.24, 2.45) is 0 Å². The van der Waals surface area contributed by atoms with Crippen LogP contribution in [0.25, 0.3) is 0 Å². The Morgan fingerprint density at radius 1 is 0.889 bits per heavy atom. The van der Waals surface area contributed by atoms with Gasteiger partial charge in [-0.15, -0.1) is 0 Å². The number of carbonyl (C=O) groups is 2. The van der Waals surface area contributed by atoms with Gasteiger partial charge in [0.25, 0.3) is 0 Å². The van der Waals surface area contributed by atoms with Crippen LogP contribution in [0.3, 0.4) is 0 Å². The second-order valence-electron chi connectivity index (χ2n) is 8.42. The molecule has 0 radical (unpaired) electrons. The van der Waals surface area contributed by atoms with Crippen LogP contribution in [0.2, 0.25) is 10.0 Å². The van der Waals surface area contributed by atoms with Crippen LogP contribution in [-0.2, 0) is 25.6 Å². The first-order valence-electron chi connectivity index (χ1n) is 11.2. The van der Waals surface area contributed by atoms with Crippen molar-refractivity contribution in [1.82, 2.24) is 0 Å². The van der Waals surface area contributed by atoms with Gasteiger partial charge < -0.3 is 24.1 Å². The van der Waals surface area contributed by atoms with E-state index in [-0.39, 0.29) is 24.3 Å². The molecule has 0 spiro atoms. The summed E-state index contributed by atoms with van der Waals surface area (Å²) in [5, 5.41) is 11.7. The molecule has 0 aliphatic carbocycles. The molecule has 1 saturated heterocycles. The van der Waals surface area contributed by atoms with Gasteiger partial charge in [-0.1, -0.05) is 53.5 Å². The summed E-state index contributed by atoms with van der Waals surface area (Å²) in [7, 11) is 0. The molecule has 188 valence electrons. The molecule has 1 aliphatic heterocycles. The number of carbonyl (C=O) groups excluding carboxylic acids is 2. The molecule has 9 heteroatoms. The third-order valence-electron chi connectivity index (χ3n) is 5.86. The Bertz CT molecular complexity index is 1190. The fourth-order valence-electron chi connectivity index (χ4n) is 3.76. The summed E-state index contributed by atoms with van der Waals surface area (Å²) in [6.45, 7) is 1.42. The van der Waals surface area contributed by atoms with Crippen molar-refractivity contribution >= 4 is 35.1 Å². The van der Waals surface area contributed by atoms with Gasteiger partial charge in [-0.05, 0) is 61.0 Å². The smallest absolute Gasteiger partial charge is 0.338 e. The number of ether oxygens (including phenoxy) is 4. The van der Waals surface area contributed by atoms with Crippen molar-refractivity contribution in [2.45, 2.75) is 37.6 Å². The molecule has 0 bridgehead atoms. The van der Waals surface area contributed by atoms with Gasteiger partial charge in [-0.3, -0.25) is 0 Å². The summed E-state index contributed by atoms with van der Waals surface area (Å²) in [4.78, 5) is 25.5. The Labute approximate surface area is 218 Å². The van der Waals surface area contributed by atoms with Gasteiger partial charge in [0.1, 0.15) is 12.7 Å². The van der Waals surface area contributed by atoms with Crippen LogP contribution in [0.4, 0.5) is 0 Å². The fourth-order valence-corrected chi connectivity index (χ4v) is 4.02. The zero-order valence-electron chi connectivity index (χ0n) is 19.3. The Morgan fingerprint density at radius 2 is 1.44 bits per heavy atom. The lowest BCUT2D eigenvalue weighted by Crippen LogP contribution is -2.50. The fraction of sp³-hybridized carbons (Fsp3) is 0.259. The topological polar surface area (TPSA) is 91.3 Å². The van der Waals surface area contributed by atoms with Gasteiger partial charge in [-0.25, -0.2) is 9.59 Å². The first kappa shape index (κ1) is 26.1. The Morgan fingerprint density at radius 3 is 2.03 bits per heavy atom. The SMILES string of the molecule is C[C@@]1(OCc2ccccc2)[C@H](OC(=O)c2ccc(Cl)cc2)[C@@H](COC(=O)c2ccc(Cl)cc2)O[C@@H]1O. The predicted molar refractivity (Wildman–Crippen MR) is 133 cm³/mol. The molecule has 0 saturated carbocycles. The van der Waals surface area contributed by atoms with Crippen molar-refractivity contribution in [2.75, 3.05) is 6.61 Å². The first-order valence-corrected chi connectivity index (χ1v) is 11.9. The lowest BCUT2D eigenvalue weighted by Gasteiger charge is -2.33. The Hall–Kier alpha value is -2.94. The molecule has 4 atom stereocenters.